The summed E-state index contributed by atoms with van der Waals surface area (Å²) in [6.07, 6.45) is 5.62. The number of amides is 1. The van der Waals surface area contributed by atoms with Gasteiger partial charge in [0.05, 0.1) is 6.04 Å². The van der Waals surface area contributed by atoms with Crippen LogP contribution in [0.25, 0.3) is 0 Å². The highest BCUT2D eigenvalue weighted by molar-refractivity contribution is 7.99. The molecule has 3 rings (SSSR count). The minimum atomic E-state index is -0.0551. The summed E-state index contributed by atoms with van der Waals surface area (Å²) in [5.74, 6) is 1.29. The summed E-state index contributed by atoms with van der Waals surface area (Å²) in [5.41, 5.74) is 2.23. The van der Waals surface area contributed by atoms with E-state index in [0.717, 1.165) is 24.3 Å². The number of carbonyl (C=O) groups is 1. The molecule has 3 unspecified atom stereocenters. The number of anilines is 1. The van der Waals surface area contributed by atoms with Crippen LogP contribution in [0, 0.1) is 0 Å². The van der Waals surface area contributed by atoms with Crippen LogP contribution < -0.4 is 10.6 Å². The number of aryl methyl sites for hydroxylation is 1. The third-order valence-corrected chi connectivity index (χ3v) is 5.87. The van der Waals surface area contributed by atoms with E-state index >= 15 is 0 Å². The number of nitrogens with one attached hydrogen (secondary N) is 2. The molecule has 1 aliphatic carbocycles. The quantitative estimate of drug-likeness (QED) is 0.897. The molecule has 114 valence electrons. The van der Waals surface area contributed by atoms with Gasteiger partial charge < -0.3 is 10.6 Å². The Morgan fingerprint density at radius 1 is 1.29 bits per heavy atom. The minimum absolute atomic E-state index is 0.0551. The van der Waals surface area contributed by atoms with Crippen LogP contribution in [0.2, 0.25) is 0 Å². The van der Waals surface area contributed by atoms with Gasteiger partial charge in [-0.15, -0.1) is 0 Å². The first-order valence-corrected chi connectivity index (χ1v) is 9.09. The average Bonchev–Trinajstić information content (AvgIpc) is 2.85. The van der Waals surface area contributed by atoms with Gasteiger partial charge in [0.15, 0.2) is 0 Å². The van der Waals surface area contributed by atoms with Gasteiger partial charge in [-0.25, -0.2) is 0 Å². The monoisotopic (exact) mass is 304 g/mol. The number of hydrogen-bond acceptors (Lipinski definition) is 3. The van der Waals surface area contributed by atoms with E-state index in [-0.39, 0.29) is 11.9 Å². The van der Waals surface area contributed by atoms with Gasteiger partial charge >= 0.3 is 0 Å². The Morgan fingerprint density at radius 2 is 2.14 bits per heavy atom. The molecular weight excluding hydrogens is 280 g/mol. The van der Waals surface area contributed by atoms with Crippen LogP contribution in [0.4, 0.5) is 5.69 Å². The Labute approximate surface area is 131 Å². The number of para-hydroxylation sites is 1. The van der Waals surface area contributed by atoms with Crippen LogP contribution in [-0.4, -0.2) is 29.0 Å². The summed E-state index contributed by atoms with van der Waals surface area (Å²) >= 11 is 2.04. The Morgan fingerprint density at radius 3 is 3.00 bits per heavy atom. The Balaban J connectivity index is 1.66. The molecule has 1 fully saturated rings. The fourth-order valence-corrected chi connectivity index (χ4v) is 4.67. The van der Waals surface area contributed by atoms with Gasteiger partial charge in [0.2, 0.25) is 5.91 Å². The predicted molar refractivity (Wildman–Crippen MR) is 89.9 cm³/mol. The lowest BCUT2D eigenvalue weighted by Crippen LogP contribution is -2.47. The summed E-state index contributed by atoms with van der Waals surface area (Å²) in [4.78, 5) is 12.4. The SMILES string of the molecule is CCSC1CCCC1NC1CCc2ccccc2NC1=O. The first kappa shape index (κ1) is 14.9. The van der Waals surface area contributed by atoms with E-state index in [9.17, 15) is 4.79 Å². The maximum atomic E-state index is 12.4. The van der Waals surface area contributed by atoms with Crippen molar-refractivity contribution in [2.24, 2.45) is 0 Å². The van der Waals surface area contributed by atoms with E-state index in [4.69, 9.17) is 0 Å². The number of rotatable bonds is 4. The molecule has 0 spiro atoms. The molecular formula is C17H24N2OS. The molecule has 1 heterocycles. The maximum Gasteiger partial charge on any atom is 0.241 e. The van der Waals surface area contributed by atoms with Crippen molar-refractivity contribution in [3.8, 4) is 0 Å². The van der Waals surface area contributed by atoms with Crippen molar-refractivity contribution in [2.75, 3.05) is 11.1 Å². The molecule has 21 heavy (non-hydrogen) atoms. The standard InChI is InChI=1S/C17H24N2OS/c1-2-21-16-9-5-8-14(16)18-15-11-10-12-6-3-4-7-13(12)19-17(15)20/h3-4,6-7,14-16,18H,2,5,8-11H2,1H3,(H,19,20). The van der Waals surface area contributed by atoms with E-state index in [2.05, 4.69) is 23.6 Å². The fraction of sp³-hybridized carbons (Fsp3) is 0.588. The molecule has 4 heteroatoms. The molecule has 1 amide bonds. The second-order valence-corrected chi connectivity index (χ2v) is 7.45. The molecule has 2 aliphatic rings. The number of carbonyl (C=O) groups excluding carboxylic acids is 1. The van der Waals surface area contributed by atoms with Crippen LogP contribution in [0.15, 0.2) is 24.3 Å². The molecule has 0 aromatic heterocycles. The first-order valence-electron chi connectivity index (χ1n) is 8.04. The zero-order valence-electron chi connectivity index (χ0n) is 12.6. The van der Waals surface area contributed by atoms with Gasteiger partial charge in [0, 0.05) is 17.0 Å². The predicted octanol–water partition coefficient (Wildman–Crippen LogP) is 3.20. The molecule has 3 nitrogen and oxygen atoms in total. The van der Waals surface area contributed by atoms with Crippen molar-refractivity contribution in [1.29, 1.82) is 0 Å². The molecule has 1 aromatic carbocycles. The molecule has 0 radical (unpaired) electrons. The fourth-order valence-electron chi connectivity index (χ4n) is 3.46. The van der Waals surface area contributed by atoms with Crippen LogP contribution in [0.5, 0.6) is 0 Å². The van der Waals surface area contributed by atoms with Crippen molar-refractivity contribution in [3.63, 3.8) is 0 Å². The van der Waals surface area contributed by atoms with E-state index in [1.54, 1.807) is 0 Å². The number of benzene rings is 1. The molecule has 0 bridgehead atoms. The molecule has 1 aromatic rings. The summed E-state index contributed by atoms with van der Waals surface area (Å²) in [6.45, 7) is 2.22. The highest BCUT2D eigenvalue weighted by Crippen LogP contribution is 2.31. The summed E-state index contributed by atoms with van der Waals surface area (Å²) in [7, 11) is 0. The smallest absolute Gasteiger partial charge is 0.241 e. The van der Waals surface area contributed by atoms with Gasteiger partial charge in [-0.3, -0.25) is 4.79 Å². The van der Waals surface area contributed by atoms with Crippen LogP contribution in [-0.2, 0) is 11.2 Å². The van der Waals surface area contributed by atoms with E-state index in [1.807, 2.05) is 30.0 Å². The zero-order chi connectivity index (χ0) is 14.7. The normalized spacial score (nSPS) is 28.8. The van der Waals surface area contributed by atoms with Crippen molar-refractivity contribution in [2.45, 2.75) is 56.4 Å². The third kappa shape index (κ3) is 3.43. The second-order valence-electron chi connectivity index (χ2n) is 5.94. The molecule has 3 atom stereocenters. The lowest BCUT2D eigenvalue weighted by atomic mass is 10.0. The Kier molecular flexibility index (Phi) is 4.86. The van der Waals surface area contributed by atoms with Gasteiger partial charge in [-0.2, -0.15) is 11.8 Å². The lowest BCUT2D eigenvalue weighted by Gasteiger charge is -2.25. The highest BCUT2D eigenvalue weighted by Gasteiger charge is 2.32. The zero-order valence-corrected chi connectivity index (χ0v) is 13.4. The van der Waals surface area contributed by atoms with Gasteiger partial charge in [0.25, 0.3) is 0 Å². The average molecular weight is 304 g/mol. The number of hydrogen-bond donors (Lipinski definition) is 2. The largest absolute Gasteiger partial charge is 0.324 e. The van der Waals surface area contributed by atoms with E-state index in [0.29, 0.717) is 11.3 Å². The lowest BCUT2D eigenvalue weighted by molar-refractivity contribution is -0.118. The minimum Gasteiger partial charge on any atom is -0.324 e. The second kappa shape index (κ2) is 6.84. The summed E-state index contributed by atoms with van der Waals surface area (Å²) < 4.78 is 0. The van der Waals surface area contributed by atoms with Crippen molar-refractivity contribution < 1.29 is 4.79 Å². The molecule has 1 saturated carbocycles. The molecule has 1 aliphatic heterocycles. The summed E-state index contributed by atoms with van der Waals surface area (Å²) in [6, 6.07) is 8.58. The van der Waals surface area contributed by atoms with Crippen LogP contribution >= 0.6 is 11.8 Å². The molecule has 0 saturated heterocycles. The maximum absolute atomic E-state index is 12.4. The summed E-state index contributed by atoms with van der Waals surface area (Å²) in [5, 5.41) is 7.40. The van der Waals surface area contributed by atoms with Crippen LogP contribution in [0.3, 0.4) is 0 Å². The topological polar surface area (TPSA) is 41.1 Å². The molecule has 2 N–H and O–H groups in total. The van der Waals surface area contributed by atoms with Gasteiger partial charge in [-0.05, 0) is 43.1 Å². The van der Waals surface area contributed by atoms with E-state index < -0.39 is 0 Å². The van der Waals surface area contributed by atoms with Crippen molar-refractivity contribution in [3.05, 3.63) is 29.8 Å². The van der Waals surface area contributed by atoms with Crippen molar-refractivity contribution in [1.82, 2.24) is 5.32 Å². The van der Waals surface area contributed by atoms with E-state index in [1.165, 1.54) is 24.8 Å². The van der Waals surface area contributed by atoms with Crippen molar-refractivity contribution >= 4 is 23.4 Å². The number of fused-ring (bicyclic) bond motifs is 1. The Hall–Kier alpha value is -1.00. The Bertz CT molecular complexity index is 505. The number of thioether (sulfide) groups is 1. The first-order chi connectivity index (χ1) is 10.3. The van der Waals surface area contributed by atoms with Gasteiger partial charge in [0.1, 0.15) is 0 Å². The third-order valence-electron chi connectivity index (χ3n) is 4.54. The van der Waals surface area contributed by atoms with Gasteiger partial charge in [-0.1, -0.05) is 31.5 Å². The highest BCUT2D eigenvalue weighted by atomic mass is 32.2. The van der Waals surface area contributed by atoms with Crippen LogP contribution in [0.1, 0.15) is 38.2 Å².